The van der Waals surface area contributed by atoms with Gasteiger partial charge in [0.25, 0.3) is 5.79 Å². The predicted molar refractivity (Wildman–Crippen MR) is 83.8 cm³/mol. The Morgan fingerprint density at radius 1 is 1.11 bits per heavy atom. The molecule has 2 unspecified atom stereocenters. The standard InChI is InChI=1S/C18H25F3O6/c1-10-4-5-13-11(2)17(18(19,20)21,23-9-8-22)25-14-16(13)12(10)6-7-15(3,24-14)26-27-16/h8,10-14H,4-7,9H2,1-3H3/t10-,11-,12+,13+,14+,15?,16?,17-/m1/s1. The largest absolute Gasteiger partial charge is 0.443 e. The maximum Gasteiger partial charge on any atom is 0.443 e. The number of hydrogen-bond donors (Lipinski definition) is 0. The summed E-state index contributed by atoms with van der Waals surface area (Å²) >= 11 is 0. The van der Waals surface area contributed by atoms with Crippen LogP contribution in [-0.2, 0) is 28.8 Å². The number of carbonyl (C=O) groups is 1. The van der Waals surface area contributed by atoms with Crippen molar-refractivity contribution in [1.29, 1.82) is 0 Å². The van der Waals surface area contributed by atoms with Gasteiger partial charge < -0.3 is 19.0 Å². The maximum absolute atomic E-state index is 14.2. The van der Waals surface area contributed by atoms with E-state index in [0.717, 1.165) is 12.8 Å². The van der Waals surface area contributed by atoms with Crippen molar-refractivity contribution in [2.24, 2.45) is 23.7 Å². The quantitative estimate of drug-likeness (QED) is 0.540. The molecule has 5 aliphatic rings. The predicted octanol–water partition coefficient (Wildman–Crippen LogP) is 3.34. The summed E-state index contributed by atoms with van der Waals surface area (Å²) in [4.78, 5) is 22.2. The van der Waals surface area contributed by atoms with Gasteiger partial charge >= 0.3 is 6.18 Å². The van der Waals surface area contributed by atoms with Gasteiger partial charge in [-0.1, -0.05) is 13.8 Å². The first-order valence-corrected chi connectivity index (χ1v) is 9.46. The van der Waals surface area contributed by atoms with E-state index in [1.165, 1.54) is 6.92 Å². The van der Waals surface area contributed by atoms with Crippen molar-refractivity contribution >= 4 is 6.29 Å². The van der Waals surface area contributed by atoms with E-state index in [9.17, 15) is 18.0 Å². The number of rotatable bonds is 3. The Balaban J connectivity index is 1.83. The molecule has 1 spiro atoms. The number of fused-ring (bicyclic) bond motifs is 2. The molecular formula is C18H25F3O6. The van der Waals surface area contributed by atoms with Crippen LogP contribution >= 0.6 is 0 Å². The van der Waals surface area contributed by atoms with Crippen LogP contribution in [0.25, 0.3) is 0 Å². The molecule has 0 aromatic heterocycles. The van der Waals surface area contributed by atoms with Gasteiger partial charge in [0.05, 0.1) is 0 Å². The molecule has 2 bridgehead atoms. The summed E-state index contributed by atoms with van der Waals surface area (Å²) < 4.78 is 59.1. The van der Waals surface area contributed by atoms with Crippen LogP contribution < -0.4 is 0 Å². The van der Waals surface area contributed by atoms with Crippen molar-refractivity contribution in [3.05, 3.63) is 0 Å². The Morgan fingerprint density at radius 3 is 2.52 bits per heavy atom. The van der Waals surface area contributed by atoms with Crippen LogP contribution in [0.15, 0.2) is 0 Å². The molecule has 4 saturated heterocycles. The number of ether oxygens (including phenoxy) is 3. The Bertz CT molecular complexity index is 614. The molecule has 5 fully saturated rings. The van der Waals surface area contributed by atoms with Gasteiger partial charge in [-0.25, -0.2) is 9.78 Å². The number of carbonyl (C=O) groups excluding carboxylic acids is 1. The van der Waals surface area contributed by atoms with Crippen LogP contribution in [0.3, 0.4) is 0 Å². The fourth-order valence-electron chi connectivity index (χ4n) is 5.65. The Hall–Kier alpha value is -0.740. The van der Waals surface area contributed by atoms with E-state index in [4.69, 9.17) is 24.0 Å². The molecule has 6 nitrogen and oxygen atoms in total. The molecule has 0 N–H and O–H groups in total. The highest BCUT2D eigenvalue weighted by Gasteiger charge is 2.77. The topological polar surface area (TPSA) is 63.2 Å². The van der Waals surface area contributed by atoms with Gasteiger partial charge in [0.2, 0.25) is 5.79 Å². The summed E-state index contributed by atoms with van der Waals surface area (Å²) in [6.07, 6.45) is -3.35. The molecule has 154 valence electrons. The summed E-state index contributed by atoms with van der Waals surface area (Å²) in [6.45, 7) is 4.45. The van der Waals surface area contributed by atoms with Crippen molar-refractivity contribution < 1.29 is 42.0 Å². The lowest BCUT2D eigenvalue weighted by atomic mass is 9.57. The molecule has 0 amide bonds. The Kier molecular flexibility index (Phi) is 4.44. The van der Waals surface area contributed by atoms with E-state index >= 15 is 0 Å². The molecule has 8 atom stereocenters. The summed E-state index contributed by atoms with van der Waals surface area (Å²) in [7, 11) is 0. The molecule has 5 rings (SSSR count). The van der Waals surface area contributed by atoms with Gasteiger partial charge in [0.15, 0.2) is 11.9 Å². The molecule has 4 heterocycles. The van der Waals surface area contributed by atoms with Crippen LogP contribution in [0.4, 0.5) is 13.2 Å². The van der Waals surface area contributed by atoms with Crippen LogP contribution in [0, 0.1) is 23.7 Å². The van der Waals surface area contributed by atoms with Gasteiger partial charge in [-0.2, -0.15) is 13.2 Å². The summed E-state index contributed by atoms with van der Waals surface area (Å²) in [5.41, 5.74) is -1.12. The molecule has 0 aromatic rings. The van der Waals surface area contributed by atoms with Crippen molar-refractivity contribution in [2.45, 2.75) is 76.1 Å². The van der Waals surface area contributed by atoms with Crippen LogP contribution in [0.1, 0.15) is 46.5 Å². The molecule has 1 saturated carbocycles. The van der Waals surface area contributed by atoms with Gasteiger partial charge in [-0.05, 0) is 38.0 Å². The van der Waals surface area contributed by atoms with E-state index < -0.39 is 48.1 Å². The second kappa shape index (κ2) is 6.13. The first-order chi connectivity index (χ1) is 12.6. The van der Waals surface area contributed by atoms with Crippen molar-refractivity contribution in [1.82, 2.24) is 0 Å². The lowest BCUT2D eigenvalue weighted by Gasteiger charge is -2.62. The second-order valence-corrected chi connectivity index (χ2v) is 8.46. The minimum atomic E-state index is -4.84. The molecule has 9 heteroatoms. The van der Waals surface area contributed by atoms with Crippen LogP contribution in [0.2, 0.25) is 0 Å². The first kappa shape index (κ1) is 19.6. The van der Waals surface area contributed by atoms with Crippen molar-refractivity contribution in [2.75, 3.05) is 6.61 Å². The second-order valence-electron chi connectivity index (χ2n) is 8.46. The molecule has 0 aromatic carbocycles. The molecule has 0 radical (unpaired) electrons. The van der Waals surface area contributed by atoms with Gasteiger partial charge in [-0.15, -0.1) is 0 Å². The monoisotopic (exact) mass is 394 g/mol. The fourth-order valence-corrected chi connectivity index (χ4v) is 5.65. The van der Waals surface area contributed by atoms with Crippen LogP contribution in [0.5, 0.6) is 0 Å². The third-order valence-electron chi connectivity index (χ3n) is 7.02. The zero-order valence-electron chi connectivity index (χ0n) is 15.6. The number of alkyl halides is 3. The third kappa shape index (κ3) is 2.55. The van der Waals surface area contributed by atoms with E-state index in [1.807, 2.05) is 0 Å². The van der Waals surface area contributed by atoms with E-state index in [1.54, 1.807) is 6.92 Å². The fraction of sp³-hybridized carbons (Fsp3) is 0.944. The SMILES string of the molecule is C[C@@H]1CC[C@H]2[C@@H](C)[C@](OCC=O)(C(F)(F)F)O[C@@H]3OC4(C)CC[C@@H]1C32OO4. The van der Waals surface area contributed by atoms with Crippen molar-refractivity contribution in [3.8, 4) is 0 Å². The van der Waals surface area contributed by atoms with Crippen molar-refractivity contribution in [3.63, 3.8) is 0 Å². The Labute approximate surface area is 155 Å². The normalized spacial score (nSPS) is 52.1. The summed E-state index contributed by atoms with van der Waals surface area (Å²) in [5, 5.41) is 0. The highest BCUT2D eigenvalue weighted by atomic mass is 19.4. The molecular weight excluding hydrogens is 369 g/mol. The lowest BCUT2D eigenvalue weighted by molar-refractivity contribution is -0.598. The Morgan fingerprint density at radius 2 is 1.85 bits per heavy atom. The molecule has 1 aliphatic carbocycles. The smallest absolute Gasteiger partial charge is 0.335 e. The average molecular weight is 394 g/mol. The van der Waals surface area contributed by atoms with E-state index in [-0.39, 0.29) is 11.8 Å². The zero-order valence-corrected chi connectivity index (χ0v) is 15.6. The number of halogens is 3. The summed E-state index contributed by atoms with van der Waals surface area (Å²) in [6, 6.07) is 0. The van der Waals surface area contributed by atoms with E-state index in [0.29, 0.717) is 19.1 Å². The lowest BCUT2D eigenvalue weighted by Crippen LogP contribution is -2.76. The first-order valence-electron chi connectivity index (χ1n) is 9.46. The highest BCUT2D eigenvalue weighted by molar-refractivity contribution is 5.50. The highest BCUT2D eigenvalue weighted by Crippen LogP contribution is 2.64. The van der Waals surface area contributed by atoms with Gasteiger partial charge in [0.1, 0.15) is 12.9 Å². The molecule has 4 aliphatic heterocycles. The summed E-state index contributed by atoms with van der Waals surface area (Å²) in [5.74, 6) is -5.57. The van der Waals surface area contributed by atoms with Crippen LogP contribution in [-0.4, -0.2) is 42.5 Å². The third-order valence-corrected chi connectivity index (χ3v) is 7.02. The van der Waals surface area contributed by atoms with E-state index in [2.05, 4.69) is 6.92 Å². The minimum Gasteiger partial charge on any atom is -0.335 e. The van der Waals surface area contributed by atoms with Gasteiger partial charge in [-0.3, -0.25) is 0 Å². The zero-order chi connectivity index (χ0) is 19.7. The average Bonchev–Trinajstić information content (AvgIpc) is 2.82. The van der Waals surface area contributed by atoms with Gasteiger partial charge in [0, 0.05) is 18.3 Å². The number of hydrogen-bond acceptors (Lipinski definition) is 6. The minimum absolute atomic E-state index is 0.0506. The molecule has 27 heavy (non-hydrogen) atoms. The maximum atomic E-state index is 14.2. The number of aldehydes is 1.